The highest BCUT2D eigenvalue weighted by Gasteiger charge is 2.00. The summed E-state index contributed by atoms with van der Waals surface area (Å²) in [6, 6.07) is 7.93. The van der Waals surface area contributed by atoms with Crippen LogP contribution in [0.4, 0.5) is 0 Å². The normalized spacial score (nSPS) is 9.86. The lowest BCUT2D eigenvalue weighted by molar-refractivity contribution is -0.118. The van der Waals surface area contributed by atoms with Crippen molar-refractivity contribution in [3.63, 3.8) is 0 Å². The third-order valence-corrected chi connectivity index (χ3v) is 3.10. The van der Waals surface area contributed by atoms with Crippen LogP contribution in [0.2, 0.25) is 0 Å². The number of amides is 1. The van der Waals surface area contributed by atoms with Crippen molar-refractivity contribution in [3.05, 3.63) is 28.7 Å². The monoisotopic (exact) mass is 273 g/mol. The molecule has 0 aliphatic rings. The van der Waals surface area contributed by atoms with Gasteiger partial charge >= 0.3 is 0 Å². The Morgan fingerprint density at radius 3 is 2.64 bits per heavy atom. The summed E-state index contributed by atoms with van der Waals surface area (Å²) < 4.78 is 1.06. The molecule has 1 aromatic carbocycles. The topological polar surface area (TPSA) is 29.1 Å². The summed E-state index contributed by atoms with van der Waals surface area (Å²) in [6.45, 7) is 2.61. The standard InChI is InChI=1S/C10H12BrNOS/c1-2-12-10(13)7-14-9-5-3-8(11)4-6-9/h3-6H,2,7H2,1H3,(H,12,13). The Morgan fingerprint density at radius 2 is 2.07 bits per heavy atom. The van der Waals surface area contributed by atoms with Crippen LogP contribution >= 0.6 is 27.7 Å². The summed E-state index contributed by atoms with van der Waals surface area (Å²) in [6.07, 6.45) is 0. The van der Waals surface area contributed by atoms with Crippen LogP contribution in [0.25, 0.3) is 0 Å². The molecular weight excluding hydrogens is 262 g/mol. The van der Waals surface area contributed by atoms with Crippen LogP contribution in [0.3, 0.4) is 0 Å². The number of rotatable bonds is 4. The molecular formula is C10H12BrNOS. The average Bonchev–Trinajstić information content (AvgIpc) is 2.17. The molecule has 0 spiro atoms. The Labute approximate surface area is 96.6 Å². The maximum absolute atomic E-state index is 11.1. The van der Waals surface area contributed by atoms with Gasteiger partial charge in [0.2, 0.25) is 5.91 Å². The van der Waals surface area contributed by atoms with Crippen LogP contribution in [0.15, 0.2) is 33.6 Å². The van der Waals surface area contributed by atoms with Gasteiger partial charge in [0.15, 0.2) is 0 Å². The molecule has 0 bridgehead atoms. The van der Waals surface area contributed by atoms with Gasteiger partial charge in [0.25, 0.3) is 0 Å². The fourth-order valence-corrected chi connectivity index (χ4v) is 1.92. The predicted octanol–water partition coefficient (Wildman–Crippen LogP) is 2.68. The Balaban J connectivity index is 2.38. The molecule has 0 unspecified atom stereocenters. The van der Waals surface area contributed by atoms with Gasteiger partial charge in [-0.05, 0) is 31.2 Å². The summed E-state index contributed by atoms with van der Waals surface area (Å²) in [4.78, 5) is 12.3. The summed E-state index contributed by atoms with van der Waals surface area (Å²) in [7, 11) is 0. The Morgan fingerprint density at radius 1 is 1.43 bits per heavy atom. The maximum Gasteiger partial charge on any atom is 0.230 e. The van der Waals surface area contributed by atoms with E-state index in [1.54, 1.807) is 11.8 Å². The first-order valence-corrected chi connectivity index (χ1v) is 6.15. The SMILES string of the molecule is CCNC(=O)CSc1ccc(Br)cc1. The first-order valence-electron chi connectivity index (χ1n) is 4.37. The molecule has 76 valence electrons. The molecule has 0 fully saturated rings. The minimum atomic E-state index is 0.0837. The van der Waals surface area contributed by atoms with Crippen molar-refractivity contribution in [3.8, 4) is 0 Å². The van der Waals surface area contributed by atoms with Crippen LogP contribution in [-0.4, -0.2) is 18.2 Å². The van der Waals surface area contributed by atoms with Crippen molar-refractivity contribution in [2.45, 2.75) is 11.8 Å². The van der Waals surface area contributed by atoms with E-state index in [1.807, 2.05) is 31.2 Å². The lowest BCUT2D eigenvalue weighted by Crippen LogP contribution is -2.24. The van der Waals surface area contributed by atoms with Crippen molar-refractivity contribution in [2.24, 2.45) is 0 Å². The lowest BCUT2D eigenvalue weighted by Gasteiger charge is -2.02. The predicted molar refractivity (Wildman–Crippen MR) is 63.5 cm³/mol. The van der Waals surface area contributed by atoms with Gasteiger partial charge in [0.1, 0.15) is 0 Å². The smallest absolute Gasteiger partial charge is 0.230 e. The third kappa shape index (κ3) is 4.15. The van der Waals surface area contributed by atoms with Crippen molar-refractivity contribution in [1.82, 2.24) is 5.32 Å². The molecule has 0 radical (unpaired) electrons. The van der Waals surface area contributed by atoms with E-state index >= 15 is 0 Å². The number of benzene rings is 1. The van der Waals surface area contributed by atoms with E-state index in [4.69, 9.17) is 0 Å². The van der Waals surface area contributed by atoms with Gasteiger partial charge in [0.05, 0.1) is 5.75 Å². The van der Waals surface area contributed by atoms with Gasteiger partial charge in [-0.3, -0.25) is 4.79 Å². The van der Waals surface area contributed by atoms with Gasteiger partial charge in [-0.15, -0.1) is 11.8 Å². The summed E-state index contributed by atoms with van der Waals surface area (Å²) in [5.41, 5.74) is 0. The van der Waals surface area contributed by atoms with Gasteiger partial charge < -0.3 is 5.32 Å². The van der Waals surface area contributed by atoms with E-state index in [0.717, 1.165) is 9.37 Å². The summed E-state index contributed by atoms with van der Waals surface area (Å²) in [5, 5.41) is 2.76. The molecule has 1 rings (SSSR count). The fraction of sp³-hybridized carbons (Fsp3) is 0.300. The van der Waals surface area contributed by atoms with Gasteiger partial charge in [-0.1, -0.05) is 15.9 Å². The zero-order valence-corrected chi connectivity index (χ0v) is 10.3. The number of thioether (sulfide) groups is 1. The second-order valence-corrected chi connectivity index (χ2v) is 4.66. The van der Waals surface area contributed by atoms with E-state index in [9.17, 15) is 4.79 Å². The molecule has 0 saturated carbocycles. The van der Waals surface area contributed by atoms with Crippen LogP contribution in [0.1, 0.15) is 6.92 Å². The van der Waals surface area contributed by atoms with E-state index in [0.29, 0.717) is 12.3 Å². The highest BCUT2D eigenvalue weighted by molar-refractivity contribution is 9.10. The second-order valence-electron chi connectivity index (χ2n) is 2.70. The maximum atomic E-state index is 11.1. The van der Waals surface area contributed by atoms with Crippen LogP contribution in [0, 0.1) is 0 Å². The molecule has 1 amide bonds. The van der Waals surface area contributed by atoms with Crippen LogP contribution in [-0.2, 0) is 4.79 Å². The first-order chi connectivity index (χ1) is 6.72. The average molecular weight is 274 g/mol. The van der Waals surface area contributed by atoms with E-state index < -0.39 is 0 Å². The second kappa shape index (κ2) is 6.09. The zero-order valence-electron chi connectivity index (χ0n) is 7.92. The molecule has 4 heteroatoms. The zero-order chi connectivity index (χ0) is 10.4. The number of nitrogens with one attached hydrogen (secondary N) is 1. The molecule has 0 aliphatic carbocycles. The van der Waals surface area contributed by atoms with E-state index in [-0.39, 0.29) is 5.91 Å². The van der Waals surface area contributed by atoms with Crippen LogP contribution < -0.4 is 5.32 Å². The molecule has 0 aromatic heterocycles. The van der Waals surface area contributed by atoms with Crippen molar-refractivity contribution in [1.29, 1.82) is 0 Å². The molecule has 0 heterocycles. The highest BCUT2D eigenvalue weighted by Crippen LogP contribution is 2.20. The quantitative estimate of drug-likeness (QED) is 0.855. The van der Waals surface area contributed by atoms with Gasteiger partial charge in [-0.25, -0.2) is 0 Å². The minimum Gasteiger partial charge on any atom is -0.356 e. The third-order valence-electron chi connectivity index (χ3n) is 1.56. The number of carbonyl (C=O) groups excluding carboxylic acids is 1. The summed E-state index contributed by atoms with van der Waals surface area (Å²) >= 11 is 4.91. The molecule has 2 nitrogen and oxygen atoms in total. The molecule has 1 aromatic rings. The first kappa shape index (κ1) is 11.6. The van der Waals surface area contributed by atoms with E-state index in [2.05, 4.69) is 21.2 Å². The minimum absolute atomic E-state index is 0.0837. The fourth-order valence-electron chi connectivity index (χ4n) is 0.928. The molecule has 0 saturated heterocycles. The number of halogens is 1. The van der Waals surface area contributed by atoms with Crippen LogP contribution in [0.5, 0.6) is 0 Å². The number of hydrogen-bond acceptors (Lipinski definition) is 2. The molecule has 0 aliphatic heterocycles. The highest BCUT2D eigenvalue weighted by atomic mass is 79.9. The Kier molecular flexibility index (Phi) is 5.04. The number of carbonyl (C=O) groups is 1. The Hall–Kier alpha value is -0.480. The Bertz CT molecular complexity index is 299. The summed E-state index contributed by atoms with van der Waals surface area (Å²) in [5.74, 6) is 0.565. The van der Waals surface area contributed by atoms with Gasteiger partial charge in [-0.2, -0.15) is 0 Å². The molecule has 0 atom stereocenters. The van der Waals surface area contributed by atoms with Crippen molar-refractivity contribution >= 4 is 33.6 Å². The van der Waals surface area contributed by atoms with Crippen molar-refractivity contribution in [2.75, 3.05) is 12.3 Å². The van der Waals surface area contributed by atoms with Crippen molar-refractivity contribution < 1.29 is 4.79 Å². The number of hydrogen-bond donors (Lipinski definition) is 1. The van der Waals surface area contributed by atoms with Gasteiger partial charge in [0, 0.05) is 15.9 Å². The lowest BCUT2D eigenvalue weighted by atomic mass is 10.4. The van der Waals surface area contributed by atoms with E-state index in [1.165, 1.54) is 0 Å². The largest absolute Gasteiger partial charge is 0.356 e. The molecule has 14 heavy (non-hydrogen) atoms. The molecule has 1 N–H and O–H groups in total.